The molecule has 27 heavy (non-hydrogen) atoms. The van der Waals surface area contributed by atoms with Crippen LogP contribution in [-0.2, 0) is 14.8 Å². The van der Waals surface area contributed by atoms with E-state index in [0.29, 0.717) is 50.7 Å². The fourth-order valence-electron chi connectivity index (χ4n) is 3.80. The van der Waals surface area contributed by atoms with Gasteiger partial charge < -0.3 is 9.64 Å². The van der Waals surface area contributed by atoms with Crippen molar-refractivity contribution in [1.29, 1.82) is 0 Å². The molecule has 0 atom stereocenters. The topological polar surface area (TPSA) is 97.1 Å². The average molecular weight is 393 g/mol. The van der Waals surface area contributed by atoms with Gasteiger partial charge in [-0.15, -0.1) is 0 Å². The minimum absolute atomic E-state index is 0.127. The molecular formula is C17H23N5O4S. The van der Waals surface area contributed by atoms with Crippen LogP contribution in [0.5, 0.6) is 0 Å². The van der Waals surface area contributed by atoms with Crippen molar-refractivity contribution >= 4 is 21.6 Å². The maximum Gasteiger partial charge on any atom is 0.276 e. The fourth-order valence-corrected chi connectivity index (χ4v) is 4.68. The predicted octanol–water partition coefficient (Wildman–Crippen LogP) is 0.341. The van der Waals surface area contributed by atoms with E-state index in [2.05, 4.69) is 9.97 Å². The number of imidazole rings is 1. The van der Waals surface area contributed by atoms with E-state index in [9.17, 15) is 13.2 Å². The summed E-state index contributed by atoms with van der Waals surface area (Å²) in [5.41, 5.74) is 1.92. The zero-order valence-corrected chi connectivity index (χ0v) is 16.1. The molecule has 2 aliphatic heterocycles. The number of carbonyl (C=O) groups excluding carboxylic acids is 1. The molecule has 2 saturated heterocycles. The second kappa shape index (κ2) is 7.17. The van der Waals surface area contributed by atoms with Gasteiger partial charge in [0, 0.05) is 44.0 Å². The Morgan fingerprint density at radius 2 is 1.85 bits per heavy atom. The van der Waals surface area contributed by atoms with Crippen LogP contribution >= 0.6 is 0 Å². The number of nitrogens with zero attached hydrogens (tertiary/aromatic N) is 5. The highest BCUT2D eigenvalue weighted by molar-refractivity contribution is 7.88. The van der Waals surface area contributed by atoms with Gasteiger partial charge in [0.1, 0.15) is 6.33 Å². The van der Waals surface area contributed by atoms with Crippen LogP contribution in [0.15, 0.2) is 18.6 Å². The quantitative estimate of drug-likeness (QED) is 0.746. The van der Waals surface area contributed by atoms with Crippen molar-refractivity contribution < 1.29 is 17.9 Å². The molecule has 4 rings (SSSR count). The van der Waals surface area contributed by atoms with Crippen LogP contribution in [0.2, 0.25) is 0 Å². The first-order valence-corrected chi connectivity index (χ1v) is 10.9. The minimum Gasteiger partial charge on any atom is -0.378 e. The molecule has 0 aliphatic carbocycles. The van der Waals surface area contributed by atoms with Gasteiger partial charge in [0.2, 0.25) is 10.0 Å². The largest absolute Gasteiger partial charge is 0.378 e. The Kier molecular flexibility index (Phi) is 4.87. The molecule has 2 aromatic rings. The van der Waals surface area contributed by atoms with E-state index in [1.165, 1.54) is 10.6 Å². The monoisotopic (exact) mass is 393 g/mol. The van der Waals surface area contributed by atoms with Crippen molar-refractivity contribution in [3.05, 3.63) is 30.0 Å². The zero-order valence-electron chi connectivity index (χ0n) is 15.2. The van der Waals surface area contributed by atoms with Crippen LogP contribution in [0.25, 0.3) is 5.65 Å². The SMILES string of the molecule is CS(=O)(=O)N1CCC(c2ccnc3c(C(=O)N4CCOCC4)ncn23)CC1. The van der Waals surface area contributed by atoms with Crippen molar-refractivity contribution in [1.82, 2.24) is 23.6 Å². The Hall–Kier alpha value is -2.04. The van der Waals surface area contributed by atoms with E-state index in [4.69, 9.17) is 4.74 Å². The lowest BCUT2D eigenvalue weighted by atomic mass is 9.94. The van der Waals surface area contributed by atoms with Crippen molar-refractivity contribution in [2.45, 2.75) is 18.8 Å². The maximum atomic E-state index is 12.8. The van der Waals surface area contributed by atoms with Crippen LogP contribution in [0.3, 0.4) is 0 Å². The molecule has 9 nitrogen and oxygen atoms in total. The molecule has 1 amide bonds. The van der Waals surface area contributed by atoms with Crippen molar-refractivity contribution in [3.63, 3.8) is 0 Å². The number of amides is 1. The Bertz CT molecular complexity index is 943. The van der Waals surface area contributed by atoms with Gasteiger partial charge in [0.05, 0.1) is 19.5 Å². The summed E-state index contributed by atoms with van der Waals surface area (Å²) >= 11 is 0. The molecule has 2 fully saturated rings. The molecule has 0 saturated carbocycles. The van der Waals surface area contributed by atoms with Crippen LogP contribution in [0.1, 0.15) is 34.9 Å². The Morgan fingerprint density at radius 3 is 2.52 bits per heavy atom. The summed E-state index contributed by atoms with van der Waals surface area (Å²) in [4.78, 5) is 23.3. The zero-order chi connectivity index (χ0) is 19.0. The van der Waals surface area contributed by atoms with E-state index >= 15 is 0 Å². The molecule has 0 radical (unpaired) electrons. The average Bonchev–Trinajstić information content (AvgIpc) is 3.12. The number of ether oxygens (including phenoxy) is 1. The third-order valence-electron chi connectivity index (χ3n) is 5.30. The predicted molar refractivity (Wildman–Crippen MR) is 98.1 cm³/mol. The van der Waals surface area contributed by atoms with Crippen LogP contribution in [-0.4, -0.2) is 83.5 Å². The highest BCUT2D eigenvalue weighted by atomic mass is 32.2. The van der Waals surface area contributed by atoms with E-state index in [0.717, 1.165) is 18.5 Å². The van der Waals surface area contributed by atoms with Crippen molar-refractivity contribution in [2.75, 3.05) is 45.6 Å². The van der Waals surface area contributed by atoms with E-state index in [-0.39, 0.29) is 11.8 Å². The molecule has 0 unspecified atom stereocenters. The Labute approximate surface area is 158 Å². The minimum atomic E-state index is -3.15. The van der Waals surface area contributed by atoms with Gasteiger partial charge in [-0.1, -0.05) is 0 Å². The number of hydrogen-bond donors (Lipinski definition) is 0. The number of hydrogen-bond acceptors (Lipinski definition) is 6. The molecule has 2 aliphatic rings. The van der Waals surface area contributed by atoms with Crippen LogP contribution in [0.4, 0.5) is 0 Å². The van der Waals surface area contributed by atoms with E-state index in [1.54, 1.807) is 17.4 Å². The molecule has 2 aromatic heterocycles. The van der Waals surface area contributed by atoms with E-state index < -0.39 is 10.0 Å². The first kappa shape index (κ1) is 18.3. The summed E-state index contributed by atoms with van der Waals surface area (Å²) in [6.07, 6.45) is 6.06. The fraction of sp³-hybridized carbons (Fsp3) is 0.588. The Balaban J connectivity index is 1.59. The standard InChI is InChI=1S/C17H23N5O4S/c1-27(24,25)21-6-3-13(4-7-21)14-2-5-18-16-15(19-12-22(14)16)17(23)20-8-10-26-11-9-20/h2,5,12-13H,3-4,6-11H2,1H3. The summed E-state index contributed by atoms with van der Waals surface area (Å²) in [6.45, 7) is 3.19. The van der Waals surface area contributed by atoms with Gasteiger partial charge in [0.15, 0.2) is 11.3 Å². The molecule has 146 valence electrons. The highest BCUT2D eigenvalue weighted by Crippen LogP contribution is 2.29. The molecule has 0 bridgehead atoms. The smallest absolute Gasteiger partial charge is 0.276 e. The lowest BCUT2D eigenvalue weighted by Crippen LogP contribution is -2.41. The second-order valence-electron chi connectivity index (χ2n) is 7.00. The van der Waals surface area contributed by atoms with Gasteiger partial charge >= 0.3 is 0 Å². The first-order valence-electron chi connectivity index (χ1n) is 9.09. The number of fused-ring (bicyclic) bond motifs is 1. The first-order chi connectivity index (χ1) is 12.9. The Morgan fingerprint density at radius 1 is 1.15 bits per heavy atom. The lowest BCUT2D eigenvalue weighted by molar-refractivity contribution is 0.0300. The molecule has 0 aromatic carbocycles. The highest BCUT2D eigenvalue weighted by Gasteiger charge is 2.29. The summed E-state index contributed by atoms with van der Waals surface area (Å²) in [5, 5.41) is 0. The third kappa shape index (κ3) is 3.56. The third-order valence-corrected chi connectivity index (χ3v) is 6.61. The van der Waals surface area contributed by atoms with Crippen molar-refractivity contribution in [3.8, 4) is 0 Å². The second-order valence-corrected chi connectivity index (χ2v) is 8.98. The van der Waals surface area contributed by atoms with Crippen LogP contribution < -0.4 is 0 Å². The van der Waals surface area contributed by atoms with Gasteiger partial charge in [-0.05, 0) is 18.9 Å². The number of sulfonamides is 1. The summed E-state index contributed by atoms with van der Waals surface area (Å²) < 4.78 is 32.1. The van der Waals surface area contributed by atoms with E-state index in [1.807, 2.05) is 10.5 Å². The van der Waals surface area contributed by atoms with Crippen LogP contribution in [0, 0.1) is 0 Å². The van der Waals surface area contributed by atoms with Crippen molar-refractivity contribution in [2.24, 2.45) is 0 Å². The van der Waals surface area contributed by atoms with Gasteiger partial charge in [-0.3, -0.25) is 9.20 Å². The molecule has 0 spiro atoms. The maximum absolute atomic E-state index is 12.8. The number of aromatic nitrogens is 3. The molecule has 10 heteroatoms. The number of piperidine rings is 1. The normalized spacial score (nSPS) is 20.3. The lowest BCUT2D eigenvalue weighted by Gasteiger charge is -2.30. The van der Waals surface area contributed by atoms with Gasteiger partial charge in [-0.25, -0.2) is 22.7 Å². The van der Waals surface area contributed by atoms with Gasteiger partial charge in [-0.2, -0.15) is 0 Å². The van der Waals surface area contributed by atoms with Gasteiger partial charge in [0.25, 0.3) is 5.91 Å². The number of rotatable bonds is 3. The molecule has 0 N–H and O–H groups in total. The molecule has 4 heterocycles. The molecular weight excluding hydrogens is 370 g/mol. The summed E-state index contributed by atoms with van der Waals surface area (Å²) in [6, 6.07) is 1.93. The summed E-state index contributed by atoms with van der Waals surface area (Å²) in [5.74, 6) is 0.0754. The summed E-state index contributed by atoms with van der Waals surface area (Å²) in [7, 11) is -3.15. The number of carbonyl (C=O) groups is 1. The number of morpholine rings is 1.